The number of benzene rings is 1. The highest BCUT2D eigenvalue weighted by atomic mass is 32.1. The molecule has 2 aromatic rings. The van der Waals surface area contributed by atoms with Gasteiger partial charge in [-0.2, -0.15) is 0 Å². The fourth-order valence-electron chi connectivity index (χ4n) is 2.40. The predicted octanol–water partition coefficient (Wildman–Crippen LogP) is 1.57. The van der Waals surface area contributed by atoms with Gasteiger partial charge in [0.2, 0.25) is 11.0 Å². The summed E-state index contributed by atoms with van der Waals surface area (Å²) in [4.78, 5) is 24.3. The highest BCUT2D eigenvalue weighted by molar-refractivity contribution is 7.15. The van der Waals surface area contributed by atoms with Crippen LogP contribution in [-0.2, 0) is 16.0 Å². The van der Waals surface area contributed by atoms with Crippen molar-refractivity contribution < 1.29 is 19.4 Å². The van der Waals surface area contributed by atoms with Gasteiger partial charge in [-0.1, -0.05) is 23.5 Å². The number of methoxy groups -OCH3 is 1. The number of carboxylic acid groups (broad SMARTS) is 1. The molecule has 1 N–H and O–H groups in total. The molecule has 1 saturated heterocycles. The minimum Gasteiger partial charge on any atom is -0.497 e. The first-order chi connectivity index (χ1) is 11.1. The first-order valence-corrected chi connectivity index (χ1v) is 7.87. The van der Waals surface area contributed by atoms with Crippen molar-refractivity contribution in [2.24, 2.45) is 5.92 Å². The number of hydrogen-bond donors (Lipinski definition) is 1. The third kappa shape index (κ3) is 3.31. The van der Waals surface area contributed by atoms with Crippen LogP contribution in [0.25, 0.3) is 0 Å². The van der Waals surface area contributed by atoms with E-state index in [4.69, 9.17) is 9.84 Å². The van der Waals surface area contributed by atoms with Crippen LogP contribution in [0, 0.1) is 5.92 Å². The van der Waals surface area contributed by atoms with E-state index in [0.29, 0.717) is 11.6 Å². The van der Waals surface area contributed by atoms with Crippen molar-refractivity contribution in [2.45, 2.75) is 12.8 Å². The second-order valence-corrected chi connectivity index (χ2v) is 6.29. The van der Waals surface area contributed by atoms with E-state index in [1.807, 2.05) is 24.3 Å². The Balaban J connectivity index is 1.70. The standard InChI is InChI=1S/C15H15N3O4S/c1-22-11-4-2-9(3-5-11)6-12-16-17-15(23-12)18-8-10(14(20)21)7-13(18)19/h2-5,10H,6-8H2,1H3,(H,20,21)/t10-/m1/s1. The minimum absolute atomic E-state index is 0.0166. The molecule has 8 heteroatoms. The monoisotopic (exact) mass is 333 g/mol. The molecule has 120 valence electrons. The highest BCUT2D eigenvalue weighted by Gasteiger charge is 2.36. The van der Waals surface area contributed by atoms with Crippen LogP contribution in [0.5, 0.6) is 5.75 Å². The zero-order chi connectivity index (χ0) is 16.4. The summed E-state index contributed by atoms with van der Waals surface area (Å²) in [6, 6.07) is 7.64. The van der Waals surface area contributed by atoms with Gasteiger partial charge in [-0.05, 0) is 17.7 Å². The van der Waals surface area contributed by atoms with Gasteiger partial charge in [-0.3, -0.25) is 14.5 Å². The summed E-state index contributed by atoms with van der Waals surface area (Å²) in [6.45, 7) is 0.158. The molecule has 2 heterocycles. The van der Waals surface area contributed by atoms with E-state index in [1.165, 1.54) is 16.2 Å². The van der Waals surface area contributed by atoms with Gasteiger partial charge in [0, 0.05) is 19.4 Å². The molecule has 7 nitrogen and oxygen atoms in total. The summed E-state index contributed by atoms with van der Waals surface area (Å²) in [5, 5.41) is 18.4. The lowest BCUT2D eigenvalue weighted by Gasteiger charge is -2.10. The molecule has 1 aromatic carbocycles. The van der Waals surface area contributed by atoms with Crippen molar-refractivity contribution in [3.8, 4) is 5.75 Å². The van der Waals surface area contributed by atoms with Crippen molar-refractivity contribution in [1.29, 1.82) is 0 Å². The molecule has 0 unspecified atom stereocenters. The van der Waals surface area contributed by atoms with Crippen LogP contribution in [0.3, 0.4) is 0 Å². The average Bonchev–Trinajstić information content (AvgIpc) is 3.14. The SMILES string of the molecule is COc1ccc(Cc2nnc(N3C[C@H](C(=O)O)CC3=O)s2)cc1. The summed E-state index contributed by atoms with van der Waals surface area (Å²) in [5.41, 5.74) is 1.06. The molecule has 1 amide bonds. The zero-order valence-electron chi connectivity index (χ0n) is 12.4. The Kier molecular flexibility index (Phi) is 4.24. The van der Waals surface area contributed by atoms with E-state index >= 15 is 0 Å². The number of aromatic nitrogens is 2. The highest BCUT2D eigenvalue weighted by Crippen LogP contribution is 2.29. The Hall–Kier alpha value is -2.48. The van der Waals surface area contributed by atoms with E-state index in [9.17, 15) is 9.59 Å². The summed E-state index contributed by atoms with van der Waals surface area (Å²) >= 11 is 1.31. The first kappa shape index (κ1) is 15.4. The van der Waals surface area contributed by atoms with Crippen LogP contribution in [0.4, 0.5) is 5.13 Å². The Morgan fingerprint density at radius 3 is 2.74 bits per heavy atom. The molecule has 0 radical (unpaired) electrons. The third-order valence-electron chi connectivity index (χ3n) is 3.68. The second-order valence-electron chi connectivity index (χ2n) is 5.25. The van der Waals surface area contributed by atoms with Crippen LogP contribution in [0.15, 0.2) is 24.3 Å². The van der Waals surface area contributed by atoms with Crippen molar-refractivity contribution in [1.82, 2.24) is 10.2 Å². The van der Waals surface area contributed by atoms with Crippen LogP contribution in [0.2, 0.25) is 0 Å². The number of hydrogen-bond acceptors (Lipinski definition) is 6. The van der Waals surface area contributed by atoms with Gasteiger partial charge in [0.15, 0.2) is 0 Å². The number of amides is 1. The molecule has 23 heavy (non-hydrogen) atoms. The van der Waals surface area contributed by atoms with Gasteiger partial charge in [-0.25, -0.2) is 0 Å². The minimum atomic E-state index is -0.955. The van der Waals surface area contributed by atoms with Crippen LogP contribution in [-0.4, -0.2) is 40.8 Å². The molecule has 1 aliphatic rings. The second kappa shape index (κ2) is 6.33. The summed E-state index contributed by atoms with van der Waals surface area (Å²) in [7, 11) is 1.61. The molecule has 1 aromatic heterocycles. The fourth-order valence-corrected chi connectivity index (χ4v) is 3.30. The van der Waals surface area contributed by atoms with Crippen LogP contribution >= 0.6 is 11.3 Å². The Bertz CT molecular complexity index is 729. The molecule has 0 bridgehead atoms. The molecule has 1 atom stereocenters. The number of carbonyl (C=O) groups excluding carboxylic acids is 1. The number of nitrogens with zero attached hydrogens (tertiary/aromatic N) is 3. The molecule has 1 aliphatic heterocycles. The zero-order valence-corrected chi connectivity index (χ0v) is 13.2. The van der Waals surface area contributed by atoms with Crippen molar-refractivity contribution in [3.63, 3.8) is 0 Å². The molecule has 0 saturated carbocycles. The maximum Gasteiger partial charge on any atom is 0.308 e. The molecule has 3 rings (SSSR count). The average molecular weight is 333 g/mol. The van der Waals surface area contributed by atoms with Crippen molar-refractivity contribution in [2.75, 3.05) is 18.6 Å². The normalized spacial score (nSPS) is 17.5. The van der Waals surface area contributed by atoms with E-state index in [2.05, 4.69) is 10.2 Å². The smallest absolute Gasteiger partial charge is 0.308 e. The number of carboxylic acids is 1. The van der Waals surface area contributed by atoms with Crippen LogP contribution < -0.4 is 9.64 Å². The molecule has 0 aliphatic carbocycles. The molecular weight excluding hydrogens is 318 g/mol. The lowest BCUT2D eigenvalue weighted by atomic mass is 10.1. The maximum atomic E-state index is 11.9. The Morgan fingerprint density at radius 1 is 1.39 bits per heavy atom. The Morgan fingerprint density at radius 2 is 2.13 bits per heavy atom. The number of carbonyl (C=O) groups is 2. The van der Waals surface area contributed by atoms with Gasteiger partial charge < -0.3 is 9.84 Å². The molecule has 1 fully saturated rings. The van der Waals surface area contributed by atoms with Gasteiger partial charge in [-0.15, -0.1) is 10.2 Å². The van der Waals surface area contributed by atoms with Crippen molar-refractivity contribution in [3.05, 3.63) is 34.8 Å². The van der Waals surface area contributed by atoms with E-state index in [0.717, 1.165) is 16.3 Å². The van der Waals surface area contributed by atoms with E-state index in [-0.39, 0.29) is 18.9 Å². The largest absolute Gasteiger partial charge is 0.497 e. The van der Waals surface area contributed by atoms with E-state index < -0.39 is 11.9 Å². The molecular formula is C15H15N3O4S. The fraction of sp³-hybridized carbons (Fsp3) is 0.333. The van der Waals surface area contributed by atoms with Gasteiger partial charge in [0.05, 0.1) is 13.0 Å². The quantitative estimate of drug-likeness (QED) is 0.893. The number of ether oxygens (including phenoxy) is 1. The number of aliphatic carboxylic acids is 1. The lowest BCUT2D eigenvalue weighted by Crippen LogP contribution is -2.25. The number of anilines is 1. The summed E-state index contributed by atoms with van der Waals surface area (Å²) < 4.78 is 5.11. The van der Waals surface area contributed by atoms with Crippen LogP contribution in [0.1, 0.15) is 17.0 Å². The van der Waals surface area contributed by atoms with Crippen molar-refractivity contribution >= 4 is 28.3 Å². The van der Waals surface area contributed by atoms with Gasteiger partial charge in [0.25, 0.3) is 0 Å². The topological polar surface area (TPSA) is 92.6 Å². The maximum absolute atomic E-state index is 11.9. The van der Waals surface area contributed by atoms with E-state index in [1.54, 1.807) is 7.11 Å². The number of rotatable bonds is 5. The first-order valence-electron chi connectivity index (χ1n) is 7.05. The molecule has 0 spiro atoms. The summed E-state index contributed by atoms with van der Waals surface area (Å²) in [5.74, 6) is -1.06. The van der Waals surface area contributed by atoms with Gasteiger partial charge >= 0.3 is 5.97 Å². The van der Waals surface area contributed by atoms with Gasteiger partial charge in [0.1, 0.15) is 10.8 Å². The Labute approximate surface area is 136 Å². The lowest BCUT2D eigenvalue weighted by molar-refractivity contribution is -0.141. The predicted molar refractivity (Wildman–Crippen MR) is 83.8 cm³/mol. The third-order valence-corrected chi connectivity index (χ3v) is 4.62. The summed E-state index contributed by atoms with van der Waals surface area (Å²) in [6.07, 6.45) is 0.620.